The molecule has 0 fully saturated rings. The second-order valence-electron chi connectivity index (χ2n) is 6.06. The highest BCUT2D eigenvalue weighted by molar-refractivity contribution is 6.30. The van der Waals surface area contributed by atoms with Crippen LogP contribution in [-0.2, 0) is 13.6 Å². The number of rotatable bonds is 2. The maximum Gasteiger partial charge on any atom is 0.226 e. The summed E-state index contributed by atoms with van der Waals surface area (Å²) in [6, 6.07) is 7.66. The summed E-state index contributed by atoms with van der Waals surface area (Å²) in [6.45, 7) is 3.95. The third kappa shape index (κ3) is 3.05. The van der Waals surface area contributed by atoms with Crippen LogP contribution in [0.2, 0.25) is 5.02 Å². The minimum Gasteiger partial charge on any atom is -0.491 e. The molecule has 0 saturated carbocycles. The van der Waals surface area contributed by atoms with Gasteiger partial charge in [0.2, 0.25) is 5.95 Å². The van der Waals surface area contributed by atoms with Crippen LogP contribution in [0.15, 0.2) is 36.7 Å². The Kier molecular flexibility index (Phi) is 4.05. The van der Waals surface area contributed by atoms with Crippen molar-refractivity contribution in [2.24, 2.45) is 7.05 Å². The lowest BCUT2D eigenvalue weighted by atomic mass is 10.2. The molecule has 1 aromatic carbocycles. The van der Waals surface area contributed by atoms with Gasteiger partial charge in [-0.1, -0.05) is 11.6 Å². The van der Waals surface area contributed by atoms with Gasteiger partial charge < -0.3 is 9.64 Å². The van der Waals surface area contributed by atoms with Crippen LogP contribution in [0.5, 0.6) is 5.75 Å². The summed E-state index contributed by atoms with van der Waals surface area (Å²) in [5.74, 6) is 1.55. The lowest BCUT2D eigenvalue weighted by Gasteiger charge is -2.20. The van der Waals surface area contributed by atoms with Crippen molar-refractivity contribution in [3.8, 4) is 17.1 Å². The summed E-state index contributed by atoms with van der Waals surface area (Å²) >= 11 is 6.14. The number of aromatic nitrogens is 4. The molecule has 1 aliphatic rings. The molecule has 0 spiro atoms. The van der Waals surface area contributed by atoms with Crippen LogP contribution in [0.25, 0.3) is 11.4 Å². The van der Waals surface area contributed by atoms with E-state index in [1.807, 2.05) is 49.1 Å². The highest BCUT2D eigenvalue weighted by atomic mass is 35.5. The van der Waals surface area contributed by atoms with Crippen LogP contribution in [0.3, 0.4) is 0 Å². The molecule has 128 valence electrons. The number of ether oxygens (including phenoxy) is 1. The van der Waals surface area contributed by atoms with Gasteiger partial charge in [0.1, 0.15) is 12.4 Å². The molecular formula is C18H18ClN5O. The molecule has 25 heavy (non-hydrogen) atoms. The summed E-state index contributed by atoms with van der Waals surface area (Å²) in [5, 5.41) is 4.94. The van der Waals surface area contributed by atoms with Crippen LogP contribution in [0, 0.1) is 6.92 Å². The predicted molar refractivity (Wildman–Crippen MR) is 97.0 cm³/mol. The molecule has 2 aromatic heterocycles. The van der Waals surface area contributed by atoms with Gasteiger partial charge in [0.15, 0.2) is 0 Å². The number of hydrogen-bond donors (Lipinski definition) is 0. The summed E-state index contributed by atoms with van der Waals surface area (Å²) < 4.78 is 7.65. The molecular weight excluding hydrogens is 338 g/mol. The zero-order chi connectivity index (χ0) is 17.4. The van der Waals surface area contributed by atoms with E-state index in [4.69, 9.17) is 21.3 Å². The smallest absolute Gasteiger partial charge is 0.226 e. The van der Waals surface area contributed by atoms with E-state index >= 15 is 0 Å². The summed E-state index contributed by atoms with van der Waals surface area (Å²) in [7, 11) is 1.91. The first-order valence-corrected chi connectivity index (χ1v) is 8.48. The lowest BCUT2D eigenvalue weighted by molar-refractivity contribution is 0.331. The third-order valence-electron chi connectivity index (χ3n) is 4.31. The van der Waals surface area contributed by atoms with Gasteiger partial charge in [-0.2, -0.15) is 5.10 Å². The first-order valence-electron chi connectivity index (χ1n) is 8.10. The van der Waals surface area contributed by atoms with Gasteiger partial charge in [-0.25, -0.2) is 9.97 Å². The van der Waals surface area contributed by atoms with Crippen molar-refractivity contribution in [1.82, 2.24) is 19.7 Å². The number of hydrogen-bond acceptors (Lipinski definition) is 5. The molecule has 0 saturated heterocycles. The van der Waals surface area contributed by atoms with Crippen molar-refractivity contribution >= 4 is 17.5 Å². The zero-order valence-corrected chi connectivity index (χ0v) is 14.9. The van der Waals surface area contributed by atoms with E-state index in [1.54, 1.807) is 6.20 Å². The predicted octanol–water partition coefficient (Wildman–Crippen LogP) is 3.24. The molecule has 0 aliphatic carbocycles. The van der Waals surface area contributed by atoms with Crippen LogP contribution in [0.4, 0.5) is 5.95 Å². The fourth-order valence-corrected chi connectivity index (χ4v) is 3.18. The van der Waals surface area contributed by atoms with Crippen LogP contribution >= 0.6 is 11.6 Å². The average molecular weight is 356 g/mol. The molecule has 0 unspecified atom stereocenters. The number of benzene rings is 1. The first-order chi connectivity index (χ1) is 12.1. The van der Waals surface area contributed by atoms with E-state index in [0.29, 0.717) is 30.7 Å². The molecule has 3 aromatic rings. The largest absolute Gasteiger partial charge is 0.491 e. The van der Waals surface area contributed by atoms with Gasteiger partial charge in [0, 0.05) is 36.6 Å². The third-order valence-corrected chi connectivity index (χ3v) is 4.54. The van der Waals surface area contributed by atoms with Crippen molar-refractivity contribution < 1.29 is 4.74 Å². The second kappa shape index (κ2) is 6.37. The monoisotopic (exact) mass is 355 g/mol. The van der Waals surface area contributed by atoms with Gasteiger partial charge in [0.05, 0.1) is 17.9 Å². The van der Waals surface area contributed by atoms with Crippen molar-refractivity contribution in [2.75, 3.05) is 18.1 Å². The molecule has 0 amide bonds. The number of halogens is 1. The Morgan fingerprint density at radius 2 is 2.12 bits per heavy atom. The summed E-state index contributed by atoms with van der Waals surface area (Å²) in [4.78, 5) is 11.5. The lowest BCUT2D eigenvalue weighted by Crippen LogP contribution is -2.27. The standard InChI is InChI=1S/C18H18ClN5O/c1-12-10-20-18(22-17(12)15-5-6-21-23(15)2)24-7-8-25-16-4-3-14(19)9-13(16)11-24/h3-6,9-10H,7-8,11H2,1-2H3. The number of nitrogens with zero attached hydrogens (tertiary/aromatic N) is 5. The number of fused-ring (bicyclic) bond motifs is 1. The fourth-order valence-electron chi connectivity index (χ4n) is 2.98. The van der Waals surface area contributed by atoms with Crippen LogP contribution in [0.1, 0.15) is 11.1 Å². The molecule has 1 aliphatic heterocycles. The molecule has 0 bridgehead atoms. The topological polar surface area (TPSA) is 56.1 Å². The zero-order valence-electron chi connectivity index (χ0n) is 14.1. The highest BCUT2D eigenvalue weighted by Gasteiger charge is 2.19. The Bertz CT molecular complexity index is 924. The van der Waals surface area contributed by atoms with Gasteiger partial charge in [-0.05, 0) is 36.8 Å². The fraction of sp³-hybridized carbons (Fsp3) is 0.278. The van der Waals surface area contributed by atoms with E-state index < -0.39 is 0 Å². The SMILES string of the molecule is Cc1cnc(N2CCOc3ccc(Cl)cc3C2)nc1-c1ccnn1C. The minimum absolute atomic E-state index is 0.576. The number of aryl methyl sites for hydroxylation is 2. The van der Waals surface area contributed by atoms with E-state index in [0.717, 1.165) is 28.3 Å². The Balaban J connectivity index is 1.71. The number of anilines is 1. The van der Waals surface area contributed by atoms with Gasteiger partial charge in [0.25, 0.3) is 0 Å². The normalized spacial score (nSPS) is 14.0. The maximum atomic E-state index is 6.14. The molecule has 6 nitrogen and oxygen atoms in total. The second-order valence-corrected chi connectivity index (χ2v) is 6.50. The molecule has 0 N–H and O–H groups in total. The van der Waals surface area contributed by atoms with E-state index in [9.17, 15) is 0 Å². The Morgan fingerprint density at radius 3 is 2.92 bits per heavy atom. The summed E-state index contributed by atoms with van der Waals surface area (Å²) in [6.07, 6.45) is 3.63. The van der Waals surface area contributed by atoms with Gasteiger partial charge in [-0.3, -0.25) is 4.68 Å². The Morgan fingerprint density at radius 1 is 1.24 bits per heavy atom. The quantitative estimate of drug-likeness (QED) is 0.706. The van der Waals surface area contributed by atoms with E-state index in [-0.39, 0.29) is 0 Å². The van der Waals surface area contributed by atoms with Crippen molar-refractivity contribution in [2.45, 2.75) is 13.5 Å². The van der Waals surface area contributed by atoms with Gasteiger partial charge >= 0.3 is 0 Å². The Hall–Kier alpha value is -2.60. The van der Waals surface area contributed by atoms with E-state index in [2.05, 4.69) is 15.0 Å². The maximum absolute atomic E-state index is 6.14. The molecule has 4 rings (SSSR count). The van der Waals surface area contributed by atoms with Crippen LogP contribution in [-0.4, -0.2) is 32.9 Å². The van der Waals surface area contributed by atoms with E-state index in [1.165, 1.54) is 0 Å². The molecule has 0 radical (unpaired) electrons. The average Bonchev–Trinajstić information content (AvgIpc) is 2.90. The van der Waals surface area contributed by atoms with Gasteiger partial charge in [-0.15, -0.1) is 0 Å². The molecule has 7 heteroatoms. The first kappa shape index (κ1) is 15.9. The summed E-state index contributed by atoms with van der Waals surface area (Å²) in [5.41, 5.74) is 3.91. The van der Waals surface area contributed by atoms with Crippen molar-refractivity contribution in [3.05, 3.63) is 52.8 Å². The highest BCUT2D eigenvalue weighted by Crippen LogP contribution is 2.29. The van der Waals surface area contributed by atoms with Crippen molar-refractivity contribution in [3.63, 3.8) is 0 Å². The molecule has 0 atom stereocenters. The Labute approximate surface area is 151 Å². The minimum atomic E-state index is 0.576. The van der Waals surface area contributed by atoms with Crippen molar-refractivity contribution in [1.29, 1.82) is 0 Å². The molecule has 3 heterocycles. The van der Waals surface area contributed by atoms with Crippen LogP contribution < -0.4 is 9.64 Å².